The maximum Gasteiger partial charge on any atom is 0.309 e. The molecule has 148 valence electrons. The van der Waals surface area contributed by atoms with Crippen molar-refractivity contribution in [3.8, 4) is 11.1 Å². The molecule has 0 spiro atoms. The van der Waals surface area contributed by atoms with E-state index in [0.717, 1.165) is 53.0 Å². The molecule has 1 fully saturated rings. The van der Waals surface area contributed by atoms with Crippen LogP contribution in [-0.4, -0.2) is 18.4 Å². The molecule has 0 aromatic heterocycles. The summed E-state index contributed by atoms with van der Waals surface area (Å²) in [4.78, 5) is 25.2. The first-order valence-corrected chi connectivity index (χ1v) is 10.4. The van der Waals surface area contributed by atoms with Gasteiger partial charge in [0.05, 0.1) is 12.5 Å². The quantitative estimate of drug-likeness (QED) is 0.578. The highest BCUT2D eigenvalue weighted by atomic mass is 35.5. The molecule has 0 saturated heterocycles. The summed E-state index contributed by atoms with van der Waals surface area (Å²) in [5.41, 5.74) is 4.15. The van der Waals surface area contributed by atoms with E-state index < -0.39 is 0 Å². The molecule has 2 aromatic rings. The second-order valence-electron chi connectivity index (χ2n) is 7.52. The Kier molecular flexibility index (Phi) is 6.90. The molecule has 1 saturated carbocycles. The Morgan fingerprint density at radius 3 is 2.36 bits per heavy atom. The van der Waals surface area contributed by atoms with E-state index in [1.165, 1.54) is 0 Å². The van der Waals surface area contributed by atoms with Crippen LogP contribution in [0.25, 0.3) is 11.1 Å². The van der Waals surface area contributed by atoms with Gasteiger partial charge in [-0.2, -0.15) is 0 Å². The highest BCUT2D eigenvalue weighted by molar-refractivity contribution is 6.33. The van der Waals surface area contributed by atoms with Crippen molar-refractivity contribution < 1.29 is 14.3 Å². The zero-order valence-corrected chi connectivity index (χ0v) is 17.3. The molecule has 3 rings (SSSR count). The van der Waals surface area contributed by atoms with Crippen LogP contribution < -0.4 is 0 Å². The summed E-state index contributed by atoms with van der Waals surface area (Å²) >= 11 is 6.36. The number of hydrogen-bond acceptors (Lipinski definition) is 3. The topological polar surface area (TPSA) is 43.4 Å². The normalized spacial score (nSPS) is 19.2. The van der Waals surface area contributed by atoms with Gasteiger partial charge in [-0.15, -0.1) is 0 Å². The zero-order chi connectivity index (χ0) is 20.1. The minimum Gasteiger partial charge on any atom is -0.466 e. The van der Waals surface area contributed by atoms with Crippen LogP contribution in [0.5, 0.6) is 0 Å². The van der Waals surface area contributed by atoms with Crippen LogP contribution in [-0.2, 0) is 20.7 Å². The Balaban J connectivity index is 1.72. The number of aryl methyl sites for hydroxylation is 1. The van der Waals surface area contributed by atoms with Crippen molar-refractivity contribution in [2.45, 2.75) is 46.0 Å². The smallest absolute Gasteiger partial charge is 0.309 e. The van der Waals surface area contributed by atoms with Crippen molar-refractivity contribution in [1.82, 2.24) is 0 Å². The van der Waals surface area contributed by atoms with E-state index in [2.05, 4.69) is 0 Å². The van der Waals surface area contributed by atoms with E-state index in [-0.39, 0.29) is 23.6 Å². The molecule has 2 atom stereocenters. The second kappa shape index (κ2) is 9.38. The summed E-state index contributed by atoms with van der Waals surface area (Å²) in [6.07, 6.45) is 3.86. The van der Waals surface area contributed by atoms with Crippen LogP contribution in [0.3, 0.4) is 0 Å². The number of hydrogen-bond donors (Lipinski definition) is 0. The van der Waals surface area contributed by atoms with Gasteiger partial charge in [0.1, 0.15) is 5.78 Å². The number of Topliss-reactive ketones (excluding diaryl/α,β-unsaturated/α-hetero) is 1. The third kappa shape index (κ3) is 4.64. The predicted octanol–water partition coefficient (Wildman–Crippen LogP) is 5.80. The van der Waals surface area contributed by atoms with Crippen LogP contribution in [0.1, 0.15) is 43.7 Å². The van der Waals surface area contributed by atoms with Crippen molar-refractivity contribution in [2.75, 3.05) is 6.61 Å². The van der Waals surface area contributed by atoms with Crippen LogP contribution in [0.4, 0.5) is 0 Å². The molecule has 0 aliphatic heterocycles. The first-order chi connectivity index (χ1) is 13.5. The monoisotopic (exact) mass is 398 g/mol. The van der Waals surface area contributed by atoms with Crippen molar-refractivity contribution in [2.24, 2.45) is 11.8 Å². The van der Waals surface area contributed by atoms with Gasteiger partial charge in [-0.05, 0) is 49.4 Å². The Hall–Kier alpha value is -2.13. The highest BCUT2D eigenvalue weighted by Gasteiger charge is 2.36. The van der Waals surface area contributed by atoms with Gasteiger partial charge >= 0.3 is 5.97 Å². The summed E-state index contributed by atoms with van der Waals surface area (Å²) in [5, 5.41) is 0.725. The average Bonchev–Trinajstić information content (AvgIpc) is 2.69. The van der Waals surface area contributed by atoms with E-state index in [1.54, 1.807) is 6.92 Å². The number of rotatable bonds is 6. The van der Waals surface area contributed by atoms with Crippen molar-refractivity contribution in [3.63, 3.8) is 0 Å². The number of benzene rings is 2. The molecule has 0 bridgehead atoms. The van der Waals surface area contributed by atoms with Gasteiger partial charge in [0.2, 0.25) is 0 Å². The van der Waals surface area contributed by atoms with Crippen LogP contribution in [0.15, 0.2) is 42.5 Å². The number of halogens is 1. The molecule has 2 unspecified atom stereocenters. The van der Waals surface area contributed by atoms with Crippen molar-refractivity contribution in [1.29, 1.82) is 0 Å². The number of carbonyl (C=O) groups is 2. The minimum atomic E-state index is -0.286. The van der Waals surface area contributed by atoms with Crippen molar-refractivity contribution >= 4 is 23.4 Å². The lowest BCUT2D eigenvalue weighted by molar-refractivity contribution is -0.153. The molecular weight excluding hydrogens is 372 g/mol. The molecule has 2 aromatic carbocycles. The van der Waals surface area contributed by atoms with Crippen LogP contribution >= 0.6 is 11.6 Å². The lowest BCUT2D eigenvalue weighted by atomic mass is 9.75. The standard InChI is InChI=1S/C24H27ClO3/c1-3-28-24(27)20-9-5-4-8-19(20)22(26)15-17-11-13-18(14-12-17)23-16(2)7-6-10-21(23)25/h6-7,10-14,19-20H,3-5,8-9,15H2,1-2H3. The molecule has 1 aliphatic rings. The van der Waals surface area contributed by atoms with Gasteiger partial charge in [-0.25, -0.2) is 0 Å². The highest BCUT2D eigenvalue weighted by Crippen LogP contribution is 2.34. The number of esters is 1. The van der Waals surface area contributed by atoms with Gasteiger partial charge < -0.3 is 4.74 Å². The molecule has 0 heterocycles. The Morgan fingerprint density at radius 2 is 1.71 bits per heavy atom. The summed E-state index contributed by atoms with van der Waals surface area (Å²) in [7, 11) is 0. The summed E-state index contributed by atoms with van der Waals surface area (Å²) in [6, 6.07) is 13.9. The average molecular weight is 399 g/mol. The second-order valence-corrected chi connectivity index (χ2v) is 7.93. The molecule has 3 nitrogen and oxygen atoms in total. The van der Waals surface area contributed by atoms with Gasteiger partial charge in [0.15, 0.2) is 0 Å². The third-order valence-electron chi connectivity index (χ3n) is 5.61. The predicted molar refractivity (Wildman–Crippen MR) is 112 cm³/mol. The van der Waals surface area contributed by atoms with Gasteiger partial charge in [0, 0.05) is 22.9 Å². The summed E-state index contributed by atoms with van der Waals surface area (Å²) < 4.78 is 5.20. The largest absolute Gasteiger partial charge is 0.466 e. The van der Waals surface area contributed by atoms with E-state index >= 15 is 0 Å². The van der Waals surface area contributed by atoms with Crippen LogP contribution in [0, 0.1) is 18.8 Å². The third-order valence-corrected chi connectivity index (χ3v) is 5.93. The Bertz CT molecular complexity index is 821. The molecular formula is C24H27ClO3. The van der Waals surface area contributed by atoms with Gasteiger partial charge in [-0.1, -0.05) is 60.8 Å². The molecule has 28 heavy (non-hydrogen) atoms. The fraction of sp³-hybridized carbons (Fsp3) is 0.417. The van der Waals surface area contributed by atoms with Crippen LogP contribution in [0.2, 0.25) is 5.02 Å². The molecule has 0 amide bonds. The van der Waals surface area contributed by atoms with E-state index in [1.807, 2.05) is 49.4 Å². The van der Waals surface area contributed by atoms with E-state index in [4.69, 9.17) is 16.3 Å². The fourth-order valence-electron chi connectivity index (χ4n) is 4.17. The van der Waals surface area contributed by atoms with E-state index in [9.17, 15) is 9.59 Å². The summed E-state index contributed by atoms with van der Waals surface area (Å²) in [6.45, 7) is 4.20. The lowest BCUT2D eigenvalue weighted by Crippen LogP contribution is -2.34. The molecule has 0 radical (unpaired) electrons. The summed E-state index contributed by atoms with van der Waals surface area (Å²) in [5.74, 6) is -0.589. The van der Waals surface area contributed by atoms with Gasteiger partial charge in [-0.3, -0.25) is 9.59 Å². The first kappa shape index (κ1) is 20.6. The number of ether oxygens (including phenoxy) is 1. The number of carbonyl (C=O) groups excluding carboxylic acids is 2. The van der Waals surface area contributed by atoms with Crippen molar-refractivity contribution in [3.05, 3.63) is 58.6 Å². The molecule has 1 aliphatic carbocycles. The maximum absolute atomic E-state index is 12.9. The maximum atomic E-state index is 12.9. The van der Waals surface area contributed by atoms with E-state index in [0.29, 0.717) is 13.0 Å². The Labute approximate surface area is 172 Å². The lowest BCUT2D eigenvalue weighted by Gasteiger charge is -2.28. The van der Waals surface area contributed by atoms with Gasteiger partial charge in [0.25, 0.3) is 0 Å². The molecule has 0 N–H and O–H groups in total. The minimum absolute atomic E-state index is 0.138. The fourth-order valence-corrected chi connectivity index (χ4v) is 4.50. The Morgan fingerprint density at radius 1 is 1.04 bits per heavy atom. The SMILES string of the molecule is CCOC(=O)C1CCCCC1C(=O)Cc1ccc(-c2c(C)cccc2Cl)cc1. The molecule has 4 heteroatoms. The number of ketones is 1. The first-order valence-electron chi connectivity index (χ1n) is 10.0. The zero-order valence-electron chi connectivity index (χ0n) is 16.5.